The number of hydrogen-bond donors (Lipinski definition) is 1. The molecule has 100 valence electrons. The van der Waals surface area contributed by atoms with E-state index in [1.807, 2.05) is 0 Å². The monoisotopic (exact) mass is 252 g/mol. The molecule has 1 unspecified atom stereocenters. The minimum absolute atomic E-state index is 0.0580. The van der Waals surface area contributed by atoms with Crippen LogP contribution in [0.4, 0.5) is 5.69 Å². The smallest absolute Gasteiger partial charge is 0.274 e. The van der Waals surface area contributed by atoms with E-state index in [1.165, 1.54) is 0 Å². The van der Waals surface area contributed by atoms with Crippen LogP contribution < -0.4 is 5.73 Å². The Morgan fingerprint density at radius 1 is 1.61 bits per heavy atom. The standard InChI is InChI=1S/C12H20N4O2/c1-4-9-7-16(5-6-18-9)12(17)11-10(13)8(2)14-15(11)3/h9H,4-7,13H2,1-3H3. The molecule has 2 N–H and O–H groups in total. The number of carbonyl (C=O) groups excluding carboxylic acids is 1. The van der Waals surface area contributed by atoms with Gasteiger partial charge in [0, 0.05) is 20.1 Å². The minimum atomic E-state index is -0.0580. The fourth-order valence-electron chi connectivity index (χ4n) is 2.23. The van der Waals surface area contributed by atoms with Crippen molar-refractivity contribution in [1.29, 1.82) is 0 Å². The molecular weight excluding hydrogens is 232 g/mol. The molecule has 1 aromatic rings. The van der Waals surface area contributed by atoms with Crippen LogP contribution in [0, 0.1) is 6.92 Å². The summed E-state index contributed by atoms with van der Waals surface area (Å²) in [6.07, 6.45) is 1.03. The lowest BCUT2D eigenvalue weighted by molar-refractivity contribution is -0.0229. The van der Waals surface area contributed by atoms with Crippen molar-refractivity contribution in [1.82, 2.24) is 14.7 Å². The molecule has 0 aromatic carbocycles. The first kappa shape index (κ1) is 12.9. The second-order valence-corrected chi connectivity index (χ2v) is 4.62. The number of hydrogen-bond acceptors (Lipinski definition) is 4. The number of aromatic nitrogens is 2. The number of anilines is 1. The number of aryl methyl sites for hydroxylation is 2. The molecule has 6 nitrogen and oxygen atoms in total. The van der Waals surface area contributed by atoms with Crippen molar-refractivity contribution in [3.63, 3.8) is 0 Å². The molecule has 0 radical (unpaired) electrons. The molecule has 2 heterocycles. The van der Waals surface area contributed by atoms with Gasteiger partial charge < -0.3 is 15.4 Å². The van der Waals surface area contributed by atoms with E-state index in [2.05, 4.69) is 12.0 Å². The number of carbonyl (C=O) groups is 1. The van der Waals surface area contributed by atoms with E-state index < -0.39 is 0 Å². The van der Waals surface area contributed by atoms with E-state index in [-0.39, 0.29) is 12.0 Å². The SMILES string of the molecule is CCC1CN(C(=O)c2c(N)c(C)nn2C)CCO1. The van der Waals surface area contributed by atoms with Crippen LogP contribution >= 0.6 is 0 Å². The van der Waals surface area contributed by atoms with E-state index >= 15 is 0 Å². The summed E-state index contributed by atoms with van der Waals surface area (Å²) in [6.45, 7) is 5.68. The fourth-order valence-corrected chi connectivity index (χ4v) is 2.23. The lowest BCUT2D eigenvalue weighted by Gasteiger charge is -2.32. The molecule has 1 amide bonds. The Hall–Kier alpha value is -1.56. The van der Waals surface area contributed by atoms with Crippen LogP contribution in [0.3, 0.4) is 0 Å². The quantitative estimate of drug-likeness (QED) is 0.834. The second-order valence-electron chi connectivity index (χ2n) is 4.62. The van der Waals surface area contributed by atoms with Crippen molar-refractivity contribution < 1.29 is 9.53 Å². The molecule has 18 heavy (non-hydrogen) atoms. The first-order valence-corrected chi connectivity index (χ1v) is 6.24. The van der Waals surface area contributed by atoms with Gasteiger partial charge in [0.2, 0.25) is 0 Å². The van der Waals surface area contributed by atoms with Gasteiger partial charge in [0.1, 0.15) is 5.69 Å². The Morgan fingerprint density at radius 3 is 2.89 bits per heavy atom. The Morgan fingerprint density at radius 2 is 2.33 bits per heavy atom. The summed E-state index contributed by atoms with van der Waals surface area (Å²) >= 11 is 0. The number of amides is 1. The number of nitrogen functional groups attached to an aromatic ring is 1. The summed E-state index contributed by atoms with van der Waals surface area (Å²) in [7, 11) is 1.74. The van der Waals surface area contributed by atoms with Crippen LogP contribution in [0.15, 0.2) is 0 Å². The molecule has 0 saturated carbocycles. The topological polar surface area (TPSA) is 73.4 Å². The molecule has 1 fully saturated rings. The van der Waals surface area contributed by atoms with E-state index in [9.17, 15) is 4.79 Å². The maximum Gasteiger partial charge on any atom is 0.274 e. The summed E-state index contributed by atoms with van der Waals surface area (Å²) in [5, 5.41) is 4.18. The van der Waals surface area contributed by atoms with Gasteiger partial charge in [-0.3, -0.25) is 9.48 Å². The molecule has 1 atom stereocenters. The fraction of sp³-hybridized carbons (Fsp3) is 0.667. The zero-order valence-corrected chi connectivity index (χ0v) is 11.1. The minimum Gasteiger partial charge on any atom is -0.395 e. The molecule has 1 saturated heterocycles. The molecule has 1 aliphatic rings. The van der Waals surface area contributed by atoms with Crippen molar-refractivity contribution in [3.05, 3.63) is 11.4 Å². The van der Waals surface area contributed by atoms with Crippen molar-refractivity contribution in [3.8, 4) is 0 Å². The van der Waals surface area contributed by atoms with Crippen LogP contribution in [0.2, 0.25) is 0 Å². The van der Waals surface area contributed by atoms with Gasteiger partial charge in [-0.1, -0.05) is 6.92 Å². The number of morpholine rings is 1. The third-order valence-corrected chi connectivity index (χ3v) is 3.35. The third-order valence-electron chi connectivity index (χ3n) is 3.35. The summed E-state index contributed by atoms with van der Waals surface area (Å²) in [4.78, 5) is 14.2. The predicted octanol–water partition coefficient (Wildman–Crippen LogP) is 0.562. The Kier molecular flexibility index (Phi) is 3.56. The lowest BCUT2D eigenvalue weighted by atomic mass is 10.2. The largest absolute Gasteiger partial charge is 0.395 e. The zero-order valence-electron chi connectivity index (χ0n) is 11.1. The van der Waals surface area contributed by atoms with Crippen molar-refractivity contribution >= 4 is 11.6 Å². The van der Waals surface area contributed by atoms with Crippen LogP contribution in [-0.2, 0) is 11.8 Å². The first-order chi connectivity index (χ1) is 8.54. The second kappa shape index (κ2) is 4.97. The van der Waals surface area contributed by atoms with Gasteiger partial charge >= 0.3 is 0 Å². The average Bonchev–Trinajstić information content (AvgIpc) is 2.62. The average molecular weight is 252 g/mol. The van der Waals surface area contributed by atoms with Gasteiger partial charge in [-0.15, -0.1) is 0 Å². The highest BCUT2D eigenvalue weighted by molar-refractivity contribution is 5.98. The van der Waals surface area contributed by atoms with E-state index in [1.54, 1.807) is 23.6 Å². The van der Waals surface area contributed by atoms with Gasteiger partial charge in [-0.25, -0.2) is 0 Å². The van der Waals surface area contributed by atoms with Crippen LogP contribution in [-0.4, -0.2) is 46.4 Å². The first-order valence-electron chi connectivity index (χ1n) is 6.24. The van der Waals surface area contributed by atoms with Gasteiger partial charge in [-0.05, 0) is 13.3 Å². The Labute approximate surface area is 107 Å². The highest BCUT2D eigenvalue weighted by atomic mass is 16.5. The molecule has 0 spiro atoms. The van der Waals surface area contributed by atoms with Crippen molar-refractivity contribution in [2.75, 3.05) is 25.4 Å². The Bertz CT molecular complexity index is 455. The number of nitrogens with zero attached hydrogens (tertiary/aromatic N) is 3. The number of nitrogens with two attached hydrogens (primary N) is 1. The highest BCUT2D eigenvalue weighted by Gasteiger charge is 2.28. The summed E-state index contributed by atoms with van der Waals surface area (Å²) in [5.74, 6) is -0.0580. The van der Waals surface area contributed by atoms with E-state index in [0.717, 1.165) is 6.42 Å². The predicted molar refractivity (Wildman–Crippen MR) is 68.3 cm³/mol. The zero-order chi connectivity index (χ0) is 13.3. The molecule has 2 rings (SSSR count). The number of rotatable bonds is 2. The summed E-state index contributed by atoms with van der Waals surface area (Å²) in [5.41, 5.74) is 7.56. The Balaban J connectivity index is 2.20. The van der Waals surface area contributed by atoms with Gasteiger partial charge in [0.15, 0.2) is 0 Å². The maximum atomic E-state index is 12.4. The third kappa shape index (κ3) is 2.20. The molecule has 6 heteroatoms. The number of ether oxygens (including phenoxy) is 1. The van der Waals surface area contributed by atoms with Gasteiger partial charge in [-0.2, -0.15) is 5.10 Å². The summed E-state index contributed by atoms with van der Waals surface area (Å²) < 4.78 is 7.12. The normalized spacial score (nSPS) is 20.2. The molecule has 1 aromatic heterocycles. The van der Waals surface area contributed by atoms with Crippen molar-refractivity contribution in [2.45, 2.75) is 26.4 Å². The van der Waals surface area contributed by atoms with E-state index in [4.69, 9.17) is 10.5 Å². The highest BCUT2D eigenvalue weighted by Crippen LogP contribution is 2.19. The molecular formula is C12H20N4O2. The van der Waals surface area contributed by atoms with Crippen molar-refractivity contribution in [2.24, 2.45) is 7.05 Å². The summed E-state index contributed by atoms with van der Waals surface area (Å²) in [6, 6.07) is 0. The maximum absolute atomic E-state index is 12.4. The lowest BCUT2D eigenvalue weighted by Crippen LogP contribution is -2.46. The van der Waals surface area contributed by atoms with E-state index in [0.29, 0.717) is 36.8 Å². The molecule has 0 aliphatic carbocycles. The van der Waals surface area contributed by atoms with Gasteiger partial charge in [0.05, 0.1) is 24.1 Å². The van der Waals surface area contributed by atoms with Crippen LogP contribution in [0.25, 0.3) is 0 Å². The molecule has 0 bridgehead atoms. The van der Waals surface area contributed by atoms with Gasteiger partial charge in [0.25, 0.3) is 5.91 Å². The van der Waals surface area contributed by atoms with Crippen LogP contribution in [0.1, 0.15) is 29.5 Å². The molecule has 1 aliphatic heterocycles. The van der Waals surface area contributed by atoms with Crippen LogP contribution in [0.5, 0.6) is 0 Å².